The molecule has 0 aliphatic heterocycles. The van der Waals surface area contributed by atoms with Gasteiger partial charge in [-0.25, -0.2) is 8.42 Å². The quantitative estimate of drug-likeness (QED) is 0.655. The van der Waals surface area contributed by atoms with Crippen LogP contribution in [0, 0.1) is 0 Å². The third-order valence-electron chi connectivity index (χ3n) is 4.65. The molecule has 0 aliphatic rings. The summed E-state index contributed by atoms with van der Waals surface area (Å²) in [5.41, 5.74) is 1.17. The van der Waals surface area contributed by atoms with Gasteiger partial charge < -0.3 is 9.73 Å². The van der Waals surface area contributed by atoms with Gasteiger partial charge in [0, 0.05) is 17.5 Å². The van der Waals surface area contributed by atoms with E-state index < -0.39 is 15.7 Å². The third kappa shape index (κ3) is 4.51. The first-order chi connectivity index (χ1) is 13.3. The van der Waals surface area contributed by atoms with E-state index in [9.17, 15) is 13.2 Å². The van der Waals surface area contributed by atoms with Crippen molar-refractivity contribution in [3.63, 3.8) is 0 Å². The van der Waals surface area contributed by atoms with Crippen molar-refractivity contribution >= 4 is 15.7 Å². The van der Waals surface area contributed by atoms with Gasteiger partial charge in [0.1, 0.15) is 0 Å². The Bertz CT molecular complexity index is 1040. The Morgan fingerprint density at radius 2 is 1.57 bits per heavy atom. The van der Waals surface area contributed by atoms with Crippen molar-refractivity contribution < 1.29 is 17.6 Å². The second kappa shape index (κ2) is 8.02. The highest BCUT2D eigenvalue weighted by atomic mass is 32.2. The van der Waals surface area contributed by atoms with Crippen LogP contribution in [-0.4, -0.2) is 20.9 Å². The number of nitrogens with one attached hydrogen (secondary N) is 1. The van der Waals surface area contributed by atoms with Crippen LogP contribution >= 0.6 is 0 Å². The van der Waals surface area contributed by atoms with E-state index in [2.05, 4.69) is 5.32 Å². The number of carbonyl (C=O) groups is 1. The van der Waals surface area contributed by atoms with Crippen LogP contribution in [0.15, 0.2) is 82.3 Å². The molecule has 3 aromatic rings. The number of benzene rings is 2. The zero-order valence-electron chi connectivity index (χ0n) is 15.9. The fraction of sp³-hybridized carbons (Fsp3) is 0.227. The molecular formula is C22H23NO4S. The standard InChI is InChI=1S/C22H23NO4S/c1-22(2,18-9-5-3-6-10-18)16-23-21(24)20-17(13-14-27-20)15-28(25,26)19-11-7-4-8-12-19/h3-14H,15-16H2,1-2H3,(H,23,24). The molecule has 28 heavy (non-hydrogen) atoms. The summed E-state index contributed by atoms with van der Waals surface area (Å²) in [6.45, 7) is 4.46. The van der Waals surface area contributed by atoms with Gasteiger partial charge in [0.2, 0.25) is 0 Å². The van der Waals surface area contributed by atoms with E-state index in [1.165, 1.54) is 24.5 Å². The predicted octanol–water partition coefficient (Wildman–Crippen LogP) is 3.96. The van der Waals surface area contributed by atoms with Crippen LogP contribution in [0.3, 0.4) is 0 Å². The molecule has 5 nitrogen and oxygen atoms in total. The van der Waals surface area contributed by atoms with Gasteiger partial charge in [0.25, 0.3) is 5.91 Å². The smallest absolute Gasteiger partial charge is 0.287 e. The zero-order chi connectivity index (χ0) is 20.2. The third-order valence-corrected chi connectivity index (χ3v) is 6.33. The molecule has 2 aromatic carbocycles. The Morgan fingerprint density at radius 3 is 2.21 bits per heavy atom. The number of carbonyl (C=O) groups excluding carboxylic acids is 1. The Morgan fingerprint density at radius 1 is 0.964 bits per heavy atom. The molecule has 1 heterocycles. The molecule has 0 saturated carbocycles. The molecule has 0 fully saturated rings. The summed E-state index contributed by atoms with van der Waals surface area (Å²) in [7, 11) is -3.57. The number of amides is 1. The van der Waals surface area contributed by atoms with Gasteiger partial charge in [-0.1, -0.05) is 62.4 Å². The lowest BCUT2D eigenvalue weighted by Gasteiger charge is -2.25. The van der Waals surface area contributed by atoms with Gasteiger partial charge in [0.05, 0.1) is 16.9 Å². The van der Waals surface area contributed by atoms with Crippen LogP contribution in [0.4, 0.5) is 0 Å². The van der Waals surface area contributed by atoms with Gasteiger partial charge in [0.15, 0.2) is 15.6 Å². The number of hydrogen-bond acceptors (Lipinski definition) is 4. The van der Waals surface area contributed by atoms with E-state index >= 15 is 0 Å². The number of furan rings is 1. The zero-order valence-corrected chi connectivity index (χ0v) is 16.7. The maximum Gasteiger partial charge on any atom is 0.287 e. The summed E-state index contributed by atoms with van der Waals surface area (Å²) < 4.78 is 30.5. The van der Waals surface area contributed by atoms with E-state index in [0.717, 1.165) is 5.56 Å². The van der Waals surface area contributed by atoms with Crippen LogP contribution in [0.1, 0.15) is 35.5 Å². The van der Waals surface area contributed by atoms with Crippen LogP contribution in [0.2, 0.25) is 0 Å². The van der Waals surface area contributed by atoms with Gasteiger partial charge in [-0.15, -0.1) is 0 Å². The highest BCUT2D eigenvalue weighted by molar-refractivity contribution is 7.90. The molecule has 0 saturated heterocycles. The second-order valence-corrected chi connectivity index (χ2v) is 9.27. The van der Waals surface area contributed by atoms with Crippen LogP contribution in [-0.2, 0) is 21.0 Å². The Balaban J connectivity index is 1.72. The van der Waals surface area contributed by atoms with E-state index in [1.807, 2.05) is 44.2 Å². The Labute approximate surface area is 165 Å². The van der Waals surface area contributed by atoms with Gasteiger partial charge in [-0.05, 0) is 23.8 Å². The maximum absolute atomic E-state index is 12.6. The van der Waals surface area contributed by atoms with E-state index in [0.29, 0.717) is 12.1 Å². The summed E-state index contributed by atoms with van der Waals surface area (Å²) in [6, 6.07) is 19.6. The molecule has 0 bridgehead atoms. The van der Waals surface area contributed by atoms with E-state index in [4.69, 9.17) is 4.42 Å². The fourth-order valence-corrected chi connectivity index (χ4v) is 4.31. The summed E-state index contributed by atoms with van der Waals surface area (Å²) in [4.78, 5) is 12.8. The molecule has 0 aliphatic carbocycles. The first kappa shape index (κ1) is 19.9. The molecule has 1 N–H and O–H groups in total. The summed E-state index contributed by atoms with van der Waals surface area (Å²) in [5.74, 6) is -0.686. The summed E-state index contributed by atoms with van der Waals surface area (Å²) in [6.07, 6.45) is 1.34. The number of rotatable bonds is 7. The molecule has 0 spiro atoms. The molecule has 146 valence electrons. The highest BCUT2D eigenvalue weighted by Crippen LogP contribution is 2.23. The second-order valence-electron chi connectivity index (χ2n) is 7.28. The fourth-order valence-electron chi connectivity index (χ4n) is 2.94. The molecule has 1 aromatic heterocycles. The molecule has 0 atom stereocenters. The highest BCUT2D eigenvalue weighted by Gasteiger charge is 2.25. The Kier molecular flexibility index (Phi) is 5.70. The summed E-state index contributed by atoms with van der Waals surface area (Å²) >= 11 is 0. The van der Waals surface area contributed by atoms with Crippen molar-refractivity contribution in [3.05, 3.63) is 89.9 Å². The normalized spacial score (nSPS) is 11.9. The molecule has 1 amide bonds. The van der Waals surface area contributed by atoms with Gasteiger partial charge >= 0.3 is 0 Å². The van der Waals surface area contributed by atoms with Crippen molar-refractivity contribution in [1.29, 1.82) is 0 Å². The molecule has 6 heteroatoms. The first-order valence-electron chi connectivity index (χ1n) is 8.97. The number of hydrogen-bond donors (Lipinski definition) is 1. The van der Waals surface area contributed by atoms with Crippen molar-refractivity contribution in [2.75, 3.05) is 6.54 Å². The van der Waals surface area contributed by atoms with Gasteiger partial charge in [-0.3, -0.25) is 4.79 Å². The lowest BCUT2D eigenvalue weighted by atomic mass is 9.84. The van der Waals surface area contributed by atoms with Crippen molar-refractivity contribution in [1.82, 2.24) is 5.32 Å². The minimum atomic E-state index is -3.57. The van der Waals surface area contributed by atoms with Crippen molar-refractivity contribution in [2.24, 2.45) is 0 Å². The molecule has 3 rings (SSSR count). The first-order valence-corrected chi connectivity index (χ1v) is 10.6. The van der Waals surface area contributed by atoms with Crippen LogP contribution in [0.5, 0.6) is 0 Å². The summed E-state index contributed by atoms with van der Waals surface area (Å²) in [5, 5.41) is 2.86. The minimum absolute atomic E-state index is 0.0309. The Hall–Kier alpha value is -2.86. The predicted molar refractivity (Wildman–Crippen MR) is 108 cm³/mol. The average Bonchev–Trinajstić information content (AvgIpc) is 3.15. The molecule has 0 radical (unpaired) electrons. The maximum atomic E-state index is 12.6. The molecular weight excluding hydrogens is 374 g/mol. The van der Waals surface area contributed by atoms with Crippen LogP contribution in [0.25, 0.3) is 0 Å². The monoisotopic (exact) mass is 397 g/mol. The van der Waals surface area contributed by atoms with Crippen molar-refractivity contribution in [2.45, 2.75) is 29.9 Å². The van der Waals surface area contributed by atoms with Gasteiger partial charge in [-0.2, -0.15) is 0 Å². The lowest BCUT2D eigenvalue weighted by Crippen LogP contribution is -2.36. The average molecular weight is 397 g/mol. The molecule has 0 unspecified atom stereocenters. The SMILES string of the molecule is CC(C)(CNC(=O)c1occc1CS(=O)(=O)c1ccccc1)c1ccccc1. The van der Waals surface area contributed by atoms with Crippen molar-refractivity contribution in [3.8, 4) is 0 Å². The van der Waals surface area contributed by atoms with E-state index in [-0.39, 0.29) is 21.8 Å². The topological polar surface area (TPSA) is 76.4 Å². The minimum Gasteiger partial charge on any atom is -0.459 e. The lowest BCUT2D eigenvalue weighted by molar-refractivity contribution is 0.0917. The van der Waals surface area contributed by atoms with E-state index in [1.54, 1.807) is 18.2 Å². The van der Waals surface area contributed by atoms with Crippen LogP contribution < -0.4 is 5.32 Å². The largest absolute Gasteiger partial charge is 0.459 e. The number of sulfone groups is 1.